The van der Waals surface area contributed by atoms with E-state index in [0.29, 0.717) is 18.9 Å². The fraction of sp³-hybridized carbons (Fsp3) is 0.500. The number of sulfonamides is 1. The zero-order valence-electron chi connectivity index (χ0n) is 17.2. The van der Waals surface area contributed by atoms with E-state index in [0.717, 1.165) is 37.1 Å². The second kappa shape index (κ2) is 7.87. The Kier molecular flexibility index (Phi) is 5.82. The third-order valence-electron chi connectivity index (χ3n) is 4.83. The van der Waals surface area contributed by atoms with E-state index in [1.54, 1.807) is 10.7 Å². The van der Waals surface area contributed by atoms with Crippen molar-refractivity contribution in [3.8, 4) is 0 Å². The molecule has 0 bridgehead atoms. The standard InChI is InChI=1S/C20H27FN4O3S/c1-14-12-18(25(23-14)20(2,3)4)22-19(26)15-8-9-16(21)17(13-15)29(27,28)24-10-6-5-7-11-24/h8-9,12-13H,5-7,10-11H2,1-4H3,(H,22,26). The summed E-state index contributed by atoms with van der Waals surface area (Å²) in [4.78, 5) is 12.3. The number of nitrogens with zero attached hydrogens (tertiary/aromatic N) is 3. The van der Waals surface area contributed by atoms with E-state index in [1.165, 1.54) is 10.4 Å². The summed E-state index contributed by atoms with van der Waals surface area (Å²) in [6.07, 6.45) is 2.45. The summed E-state index contributed by atoms with van der Waals surface area (Å²) in [5, 5.41) is 7.16. The van der Waals surface area contributed by atoms with Crippen molar-refractivity contribution in [2.24, 2.45) is 0 Å². The fourth-order valence-corrected chi connectivity index (χ4v) is 4.98. The molecule has 29 heavy (non-hydrogen) atoms. The van der Waals surface area contributed by atoms with Gasteiger partial charge in [-0.15, -0.1) is 0 Å². The van der Waals surface area contributed by atoms with Gasteiger partial charge in [0.2, 0.25) is 10.0 Å². The number of hydrogen-bond donors (Lipinski definition) is 1. The number of aryl methyl sites for hydroxylation is 1. The molecule has 1 fully saturated rings. The number of hydrogen-bond acceptors (Lipinski definition) is 4. The zero-order chi connectivity index (χ0) is 21.4. The lowest BCUT2D eigenvalue weighted by Crippen LogP contribution is -2.36. The molecule has 2 aromatic rings. The first kappa shape index (κ1) is 21.4. The van der Waals surface area contributed by atoms with Gasteiger partial charge in [-0.2, -0.15) is 9.40 Å². The van der Waals surface area contributed by atoms with Crippen molar-refractivity contribution in [3.63, 3.8) is 0 Å². The summed E-state index contributed by atoms with van der Waals surface area (Å²) in [6.45, 7) is 8.41. The number of aromatic nitrogens is 2. The third-order valence-corrected chi connectivity index (χ3v) is 6.75. The maximum Gasteiger partial charge on any atom is 0.256 e. The average molecular weight is 423 g/mol. The van der Waals surface area contributed by atoms with Gasteiger partial charge in [0.05, 0.1) is 11.2 Å². The molecule has 1 aromatic heterocycles. The molecule has 0 atom stereocenters. The zero-order valence-corrected chi connectivity index (χ0v) is 18.0. The van der Waals surface area contributed by atoms with Crippen molar-refractivity contribution in [1.82, 2.24) is 14.1 Å². The summed E-state index contributed by atoms with van der Waals surface area (Å²) >= 11 is 0. The lowest BCUT2D eigenvalue weighted by Gasteiger charge is -2.26. The van der Waals surface area contributed by atoms with Crippen LogP contribution in [0.4, 0.5) is 10.2 Å². The lowest BCUT2D eigenvalue weighted by atomic mass is 10.1. The predicted octanol–water partition coefficient (Wildman–Crippen LogP) is 3.51. The van der Waals surface area contributed by atoms with Crippen LogP contribution in [0.3, 0.4) is 0 Å². The van der Waals surface area contributed by atoms with Crippen LogP contribution >= 0.6 is 0 Å². The first-order valence-corrected chi connectivity index (χ1v) is 11.1. The maximum absolute atomic E-state index is 14.4. The highest BCUT2D eigenvalue weighted by Crippen LogP contribution is 2.25. The fourth-order valence-electron chi connectivity index (χ4n) is 3.37. The van der Waals surface area contributed by atoms with Crippen LogP contribution in [0.1, 0.15) is 56.1 Å². The number of benzene rings is 1. The van der Waals surface area contributed by atoms with Crippen LogP contribution in [-0.2, 0) is 15.6 Å². The summed E-state index contributed by atoms with van der Waals surface area (Å²) in [6, 6.07) is 5.15. The highest BCUT2D eigenvalue weighted by Gasteiger charge is 2.29. The Morgan fingerprint density at radius 1 is 1.14 bits per heavy atom. The number of carbonyl (C=O) groups is 1. The van der Waals surface area contributed by atoms with E-state index in [9.17, 15) is 17.6 Å². The number of amides is 1. The molecule has 1 saturated heterocycles. The van der Waals surface area contributed by atoms with Crippen LogP contribution in [-0.4, -0.2) is 41.5 Å². The van der Waals surface area contributed by atoms with E-state index < -0.39 is 26.6 Å². The monoisotopic (exact) mass is 422 g/mol. The minimum atomic E-state index is -3.99. The van der Waals surface area contributed by atoms with Gasteiger partial charge in [-0.05, 0) is 58.7 Å². The molecule has 1 amide bonds. The first-order valence-electron chi connectivity index (χ1n) is 9.68. The molecule has 1 aromatic carbocycles. The van der Waals surface area contributed by atoms with Gasteiger partial charge >= 0.3 is 0 Å². The van der Waals surface area contributed by atoms with Crippen molar-refractivity contribution in [3.05, 3.63) is 41.3 Å². The topological polar surface area (TPSA) is 84.3 Å². The van der Waals surface area contributed by atoms with Gasteiger partial charge in [0, 0.05) is 24.7 Å². The molecule has 0 spiro atoms. The number of carbonyl (C=O) groups excluding carboxylic acids is 1. The smallest absolute Gasteiger partial charge is 0.256 e. The van der Waals surface area contributed by atoms with Crippen molar-refractivity contribution < 1.29 is 17.6 Å². The lowest BCUT2D eigenvalue weighted by molar-refractivity contribution is 0.102. The number of piperidine rings is 1. The van der Waals surface area contributed by atoms with Gasteiger partial charge < -0.3 is 5.32 Å². The van der Waals surface area contributed by atoms with Crippen molar-refractivity contribution >= 4 is 21.7 Å². The van der Waals surface area contributed by atoms with Crippen LogP contribution in [0.2, 0.25) is 0 Å². The largest absolute Gasteiger partial charge is 0.307 e. The molecule has 0 unspecified atom stereocenters. The average Bonchev–Trinajstić information content (AvgIpc) is 3.03. The van der Waals surface area contributed by atoms with Gasteiger partial charge in [0.1, 0.15) is 16.5 Å². The van der Waals surface area contributed by atoms with Crippen molar-refractivity contribution in [2.75, 3.05) is 18.4 Å². The quantitative estimate of drug-likeness (QED) is 0.817. The Balaban J connectivity index is 1.91. The summed E-state index contributed by atoms with van der Waals surface area (Å²) in [5.74, 6) is -0.891. The molecule has 3 rings (SSSR count). The molecule has 0 aliphatic carbocycles. The molecule has 0 saturated carbocycles. The molecule has 1 aliphatic rings. The molecule has 1 aliphatic heterocycles. The molecular weight excluding hydrogens is 395 g/mol. The Morgan fingerprint density at radius 2 is 1.79 bits per heavy atom. The predicted molar refractivity (Wildman–Crippen MR) is 109 cm³/mol. The Bertz CT molecular complexity index is 1020. The van der Waals surface area contributed by atoms with Crippen LogP contribution in [0.15, 0.2) is 29.2 Å². The number of nitrogens with one attached hydrogen (secondary N) is 1. The Labute approximate surface area is 171 Å². The van der Waals surface area contributed by atoms with E-state index >= 15 is 0 Å². The summed E-state index contributed by atoms with van der Waals surface area (Å²) in [7, 11) is -3.99. The third kappa shape index (κ3) is 4.51. The van der Waals surface area contributed by atoms with Gasteiger partial charge in [0.15, 0.2) is 0 Å². The van der Waals surface area contributed by atoms with Crippen molar-refractivity contribution in [1.29, 1.82) is 0 Å². The van der Waals surface area contributed by atoms with Crippen LogP contribution < -0.4 is 5.32 Å². The van der Waals surface area contributed by atoms with Crippen LogP contribution in [0.5, 0.6) is 0 Å². The highest BCUT2D eigenvalue weighted by atomic mass is 32.2. The van der Waals surface area contributed by atoms with Gasteiger partial charge in [0.25, 0.3) is 5.91 Å². The highest BCUT2D eigenvalue weighted by molar-refractivity contribution is 7.89. The second-order valence-electron chi connectivity index (χ2n) is 8.32. The van der Waals surface area contributed by atoms with Crippen molar-refractivity contribution in [2.45, 2.75) is 57.4 Å². The summed E-state index contributed by atoms with van der Waals surface area (Å²) < 4.78 is 43.1. The normalized spacial score (nSPS) is 16.0. The number of halogens is 1. The molecule has 9 heteroatoms. The van der Waals surface area contributed by atoms with Gasteiger partial charge in [-0.3, -0.25) is 4.79 Å². The van der Waals surface area contributed by atoms with E-state index in [2.05, 4.69) is 10.4 Å². The SMILES string of the molecule is Cc1cc(NC(=O)c2ccc(F)c(S(=O)(=O)N3CCCCC3)c2)n(C(C)(C)C)n1. The minimum Gasteiger partial charge on any atom is -0.307 e. The molecule has 2 heterocycles. The summed E-state index contributed by atoms with van der Waals surface area (Å²) in [5.41, 5.74) is 0.451. The van der Waals surface area contributed by atoms with Gasteiger partial charge in [-0.25, -0.2) is 17.5 Å². The Hall–Kier alpha value is -2.26. The van der Waals surface area contributed by atoms with E-state index in [1.807, 2.05) is 27.7 Å². The van der Waals surface area contributed by atoms with Gasteiger partial charge in [-0.1, -0.05) is 6.42 Å². The first-order chi connectivity index (χ1) is 13.5. The molecule has 158 valence electrons. The van der Waals surface area contributed by atoms with Crippen LogP contribution in [0.25, 0.3) is 0 Å². The Morgan fingerprint density at radius 3 is 2.41 bits per heavy atom. The maximum atomic E-state index is 14.4. The second-order valence-corrected chi connectivity index (χ2v) is 10.2. The molecular formula is C20H27FN4O3S. The van der Waals surface area contributed by atoms with E-state index in [4.69, 9.17) is 0 Å². The van der Waals surface area contributed by atoms with E-state index in [-0.39, 0.29) is 11.1 Å². The number of anilines is 1. The molecule has 7 nitrogen and oxygen atoms in total. The van der Waals surface area contributed by atoms with Crippen LogP contribution in [0, 0.1) is 12.7 Å². The number of rotatable bonds is 4. The molecule has 1 N–H and O–H groups in total. The minimum absolute atomic E-state index is 0.0706. The molecule has 0 radical (unpaired) electrons.